The Bertz CT molecular complexity index is 382. The molecule has 6 heteroatoms. The van der Waals surface area contributed by atoms with Gasteiger partial charge in [0.2, 0.25) is 0 Å². The van der Waals surface area contributed by atoms with E-state index in [9.17, 15) is 4.79 Å². The van der Waals surface area contributed by atoms with Crippen molar-refractivity contribution < 1.29 is 14.3 Å². The molecule has 94 valence electrons. The Morgan fingerprint density at radius 2 is 2.29 bits per heavy atom. The van der Waals surface area contributed by atoms with Crippen LogP contribution in [0.5, 0.6) is 6.01 Å². The number of likely N-dealkylation sites (N-methyl/N-ethyl adjacent to an activating group) is 1. The number of esters is 1. The molecule has 0 radical (unpaired) electrons. The molecule has 0 aliphatic heterocycles. The van der Waals surface area contributed by atoms with Crippen LogP contribution in [0.25, 0.3) is 0 Å². The molecule has 1 aromatic heterocycles. The Hall–Kier alpha value is -1.69. The Morgan fingerprint density at radius 1 is 1.53 bits per heavy atom. The number of hydrogen-bond acceptors (Lipinski definition) is 6. The van der Waals surface area contributed by atoms with Gasteiger partial charge in [-0.3, -0.25) is 0 Å². The third-order valence-electron chi connectivity index (χ3n) is 2.04. The van der Waals surface area contributed by atoms with Gasteiger partial charge in [-0.05, 0) is 20.9 Å². The number of nitrogens with one attached hydrogen (secondary N) is 1. The van der Waals surface area contributed by atoms with Crippen LogP contribution in [0, 0.1) is 6.92 Å². The molecule has 1 heterocycles. The fraction of sp³-hybridized carbons (Fsp3) is 0.545. The minimum Gasteiger partial charge on any atom is -0.462 e. The average molecular weight is 239 g/mol. The van der Waals surface area contributed by atoms with Gasteiger partial charge < -0.3 is 14.8 Å². The van der Waals surface area contributed by atoms with Crippen LogP contribution in [0.1, 0.15) is 23.0 Å². The van der Waals surface area contributed by atoms with Crippen molar-refractivity contribution in [1.82, 2.24) is 15.3 Å². The fourth-order valence-corrected chi connectivity index (χ4v) is 1.17. The molecule has 0 saturated carbocycles. The minimum absolute atomic E-state index is 0.269. The van der Waals surface area contributed by atoms with Gasteiger partial charge in [-0.15, -0.1) is 0 Å². The Kier molecular flexibility index (Phi) is 5.35. The highest BCUT2D eigenvalue weighted by molar-refractivity contribution is 5.90. The van der Waals surface area contributed by atoms with Crippen LogP contribution in [0.2, 0.25) is 0 Å². The van der Waals surface area contributed by atoms with Crippen LogP contribution >= 0.6 is 0 Å². The van der Waals surface area contributed by atoms with Gasteiger partial charge in [0.1, 0.15) is 6.61 Å². The SMILES string of the molecule is CCOC(=O)c1cnc(OCCNC)nc1C. The highest BCUT2D eigenvalue weighted by atomic mass is 16.5. The normalized spacial score (nSPS) is 10.1. The molecule has 17 heavy (non-hydrogen) atoms. The van der Waals surface area contributed by atoms with Crippen molar-refractivity contribution >= 4 is 5.97 Å². The van der Waals surface area contributed by atoms with E-state index in [1.54, 1.807) is 13.8 Å². The highest BCUT2D eigenvalue weighted by Gasteiger charge is 2.12. The van der Waals surface area contributed by atoms with Gasteiger partial charge in [0.15, 0.2) is 0 Å². The molecule has 6 nitrogen and oxygen atoms in total. The zero-order chi connectivity index (χ0) is 12.7. The molecule has 0 atom stereocenters. The van der Waals surface area contributed by atoms with Gasteiger partial charge in [-0.2, -0.15) is 4.98 Å². The maximum atomic E-state index is 11.5. The molecule has 0 aliphatic carbocycles. The lowest BCUT2D eigenvalue weighted by atomic mass is 10.2. The summed E-state index contributed by atoms with van der Waals surface area (Å²) in [6, 6.07) is 0.269. The number of aromatic nitrogens is 2. The van der Waals surface area contributed by atoms with E-state index in [1.165, 1.54) is 6.20 Å². The third-order valence-corrected chi connectivity index (χ3v) is 2.04. The zero-order valence-electron chi connectivity index (χ0n) is 10.3. The van der Waals surface area contributed by atoms with E-state index < -0.39 is 5.97 Å². The van der Waals surface area contributed by atoms with E-state index >= 15 is 0 Å². The summed E-state index contributed by atoms with van der Waals surface area (Å²) in [5.74, 6) is -0.410. The largest absolute Gasteiger partial charge is 0.462 e. The Labute approximate surface area is 100 Å². The van der Waals surface area contributed by atoms with Gasteiger partial charge in [-0.25, -0.2) is 9.78 Å². The molecule has 0 saturated heterocycles. The molecule has 1 rings (SSSR count). The van der Waals surface area contributed by atoms with Gasteiger partial charge in [0.25, 0.3) is 0 Å². The van der Waals surface area contributed by atoms with Crippen LogP contribution < -0.4 is 10.1 Å². The lowest BCUT2D eigenvalue weighted by molar-refractivity contribution is 0.0524. The van der Waals surface area contributed by atoms with E-state index in [1.807, 2.05) is 7.05 Å². The van der Waals surface area contributed by atoms with E-state index in [-0.39, 0.29) is 6.01 Å². The zero-order valence-corrected chi connectivity index (χ0v) is 10.3. The Morgan fingerprint density at radius 3 is 2.88 bits per heavy atom. The summed E-state index contributed by atoms with van der Waals surface area (Å²) in [6.07, 6.45) is 1.43. The van der Waals surface area contributed by atoms with Crippen LogP contribution in [-0.2, 0) is 4.74 Å². The standard InChI is InChI=1S/C11H17N3O3/c1-4-16-10(15)9-7-13-11(14-8(9)2)17-6-5-12-3/h7,12H,4-6H2,1-3H3. The van der Waals surface area contributed by atoms with Crippen LogP contribution in [0.15, 0.2) is 6.20 Å². The van der Waals surface area contributed by atoms with E-state index in [4.69, 9.17) is 9.47 Å². The first-order valence-electron chi connectivity index (χ1n) is 5.47. The summed E-state index contributed by atoms with van der Waals surface area (Å²) < 4.78 is 10.2. The lowest BCUT2D eigenvalue weighted by Crippen LogP contribution is -2.17. The highest BCUT2D eigenvalue weighted by Crippen LogP contribution is 2.09. The second-order valence-electron chi connectivity index (χ2n) is 3.32. The molecule has 0 bridgehead atoms. The smallest absolute Gasteiger partial charge is 0.341 e. The molecule has 0 aromatic carbocycles. The average Bonchev–Trinajstić information content (AvgIpc) is 2.29. The predicted octanol–water partition coefficient (Wildman–Crippen LogP) is 0.560. The summed E-state index contributed by atoms with van der Waals surface area (Å²) in [5, 5.41) is 2.94. The first-order chi connectivity index (χ1) is 8.19. The summed E-state index contributed by atoms with van der Waals surface area (Å²) in [5.41, 5.74) is 0.922. The second kappa shape index (κ2) is 6.80. The molecule has 1 N–H and O–H groups in total. The minimum atomic E-state index is -0.410. The van der Waals surface area contributed by atoms with Crippen molar-refractivity contribution in [3.05, 3.63) is 17.5 Å². The van der Waals surface area contributed by atoms with Crippen LogP contribution in [0.3, 0.4) is 0 Å². The molecule has 1 aromatic rings. The fourth-order valence-electron chi connectivity index (χ4n) is 1.17. The quantitative estimate of drug-likeness (QED) is 0.577. The van der Waals surface area contributed by atoms with Gasteiger partial charge in [0.05, 0.1) is 17.9 Å². The van der Waals surface area contributed by atoms with Gasteiger partial charge in [0, 0.05) is 12.7 Å². The van der Waals surface area contributed by atoms with E-state index in [0.717, 1.165) is 0 Å². The molecule has 0 amide bonds. The number of hydrogen-bond donors (Lipinski definition) is 1. The molecular formula is C11H17N3O3. The number of carbonyl (C=O) groups excluding carboxylic acids is 1. The first kappa shape index (κ1) is 13.4. The summed E-state index contributed by atoms with van der Waals surface area (Å²) in [7, 11) is 1.83. The number of rotatable bonds is 6. The number of ether oxygens (including phenoxy) is 2. The van der Waals surface area contributed by atoms with Crippen molar-refractivity contribution in [2.45, 2.75) is 13.8 Å². The van der Waals surface area contributed by atoms with Crippen LogP contribution in [-0.4, -0.2) is 42.7 Å². The first-order valence-corrected chi connectivity index (χ1v) is 5.47. The molecule has 0 spiro atoms. The van der Waals surface area contributed by atoms with Gasteiger partial charge in [-0.1, -0.05) is 0 Å². The monoisotopic (exact) mass is 239 g/mol. The molecule has 0 aliphatic rings. The Balaban J connectivity index is 2.68. The van der Waals surface area contributed by atoms with Crippen molar-refractivity contribution in [3.8, 4) is 6.01 Å². The lowest BCUT2D eigenvalue weighted by Gasteiger charge is -2.07. The van der Waals surface area contributed by atoms with Crippen molar-refractivity contribution in [2.75, 3.05) is 26.8 Å². The van der Waals surface area contributed by atoms with Crippen LogP contribution in [0.4, 0.5) is 0 Å². The van der Waals surface area contributed by atoms with Crippen molar-refractivity contribution in [3.63, 3.8) is 0 Å². The van der Waals surface area contributed by atoms with Crippen molar-refractivity contribution in [2.24, 2.45) is 0 Å². The molecular weight excluding hydrogens is 222 g/mol. The predicted molar refractivity (Wildman–Crippen MR) is 62.1 cm³/mol. The number of carbonyl (C=O) groups is 1. The molecule has 0 fully saturated rings. The topological polar surface area (TPSA) is 73.3 Å². The summed E-state index contributed by atoms with van der Waals surface area (Å²) >= 11 is 0. The van der Waals surface area contributed by atoms with Gasteiger partial charge >= 0.3 is 12.0 Å². The summed E-state index contributed by atoms with van der Waals surface area (Å²) in [4.78, 5) is 19.5. The number of aryl methyl sites for hydroxylation is 1. The molecule has 0 unspecified atom stereocenters. The third kappa shape index (κ3) is 3.99. The van der Waals surface area contributed by atoms with E-state index in [2.05, 4.69) is 15.3 Å². The summed E-state index contributed by atoms with van der Waals surface area (Å²) in [6.45, 7) is 5.00. The number of nitrogens with zero attached hydrogens (tertiary/aromatic N) is 2. The van der Waals surface area contributed by atoms with Crippen molar-refractivity contribution in [1.29, 1.82) is 0 Å². The maximum absolute atomic E-state index is 11.5. The van der Waals surface area contributed by atoms with E-state index in [0.29, 0.717) is 31.0 Å². The second-order valence-corrected chi connectivity index (χ2v) is 3.32. The maximum Gasteiger partial charge on any atom is 0.341 e.